The van der Waals surface area contributed by atoms with Crippen molar-refractivity contribution in [2.45, 2.75) is 25.3 Å². The highest BCUT2D eigenvalue weighted by Crippen LogP contribution is 2.27. The minimum atomic E-state index is 0.138. The van der Waals surface area contributed by atoms with E-state index in [4.69, 9.17) is 0 Å². The maximum Gasteiger partial charge on any atom is 0.0635 e. The number of anilines is 1. The SMILES string of the molecule is OCC(Nc1ccccc1Br)C1CC=CCC1. The summed E-state index contributed by atoms with van der Waals surface area (Å²) in [4.78, 5) is 0. The van der Waals surface area contributed by atoms with Crippen LogP contribution in [0, 0.1) is 5.92 Å². The van der Waals surface area contributed by atoms with E-state index in [9.17, 15) is 5.11 Å². The summed E-state index contributed by atoms with van der Waals surface area (Å²) in [6.07, 6.45) is 7.78. The highest BCUT2D eigenvalue weighted by molar-refractivity contribution is 9.10. The van der Waals surface area contributed by atoms with Gasteiger partial charge in [0.25, 0.3) is 0 Å². The number of hydrogen-bond donors (Lipinski definition) is 2. The molecule has 0 spiro atoms. The molecule has 2 unspecified atom stereocenters. The molecule has 0 heterocycles. The molecular formula is C14H18BrNO. The predicted molar refractivity (Wildman–Crippen MR) is 75.1 cm³/mol. The first kappa shape index (κ1) is 12.7. The fraction of sp³-hybridized carbons (Fsp3) is 0.429. The largest absolute Gasteiger partial charge is 0.394 e. The van der Waals surface area contributed by atoms with Gasteiger partial charge < -0.3 is 10.4 Å². The van der Waals surface area contributed by atoms with Gasteiger partial charge in [0.15, 0.2) is 0 Å². The maximum absolute atomic E-state index is 9.53. The van der Waals surface area contributed by atoms with E-state index in [1.54, 1.807) is 0 Å². The minimum Gasteiger partial charge on any atom is -0.394 e. The molecular weight excluding hydrogens is 278 g/mol. The van der Waals surface area contributed by atoms with Crippen LogP contribution in [0.1, 0.15) is 19.3 Å². The van der Waals surface area contributed by atoms with Crippen LogP contribution in [0.2, 0.25) is 0 Å². The van der Waals surface area contributed by atoms with Crippen molar-refractivity contribution < 1.29 is 5.11 Å². The van der Waals surface area contributed by atoms with Crippen LogP contribution in [0.3, 0.4) is 0 Å². The molecule has 2 rings (SSSR count). The molecule has 1 aliphatic carbocycles. The summed E-state index contributed by atoms with van der Waals surface area (Å²) >= 11 is 3.52. The van der Waals surface area contributed by atoms with Gasteiger partial charge in [-0.2, -0.15) is 0 Å². The van der Waals surface area contributed by atoms with Crippen molar-refractivity contribution in [3.63, 3.8) is 0 Å². The van der Waals surface area contributed by atoms with Gasteiger partial charge in [0.05, 0.1) is 12.6 Å². The van der Waals surface area contributed by atoms with Crippen molar-refractivity contribution in [1.82, 2.24) is 0 Å². The number of aliphatic hydroxyl groups excluding tert-OH is 1. The van der Waals surface area contributed by atoms with Crippen molar-refractivity contribution >= 4 is 21.6 Å². The Morgan fingerprint density at radius 1 is 1.35 bits per heavy atom. The lowest BCUT2D eigenvalue weighted by atomic mass is 9.88. The molecule has 92 valence electrons. The van der Waals surface area contributed by atoms with Crippen LogP contribution in [0.25, 0.3) is 0 Å². The van der Waals surface area contributed by atoms with Gasteiger partial charge >= 0.3 is 0 Å². The molecule has 2 atom stereocenters. The Balaban J connectivity index is 2.04. The molecule has 0 saturated heterocycles. The lowest BCUT2D eigenvalue weighted by molar-refractivity contribution is 0.230. The molecule has 1 aliphatic rings. The average Bonchev–Trinajstić information content (AvgIpc) is 2.39. The fourth-order valence-electron chi connectivity index (χ4n) is 2.27. The zero-order valence-corrected chi connectivity index (χ0v) is 11.4. The number of hydrogen-bond acceptors (Lipinski definition) is 2. The third kappa shape index (κ3) is 3.33. The quantitative estimate of drug-likeness (QED) is 0.832. The molecule has 3 heteroatoms. The fourth-order valence-corrected chi connectivity index (χ4v) is 2.67. The van der Waals surface area contributed by atoms with Crippen molar-refractivity contribution in [2.75, 3.05) is 11.9 Å². The van der Waals surface area contributed by atoms with Crippen LogP contribution in [-0.2, 0) is 0 Å². The van der Waals surface area contributed by atoms with E-state index in [1.807, 2.05) is 24.3 Å². The van der Waals surface area contributed by atoms with Crippen molar-refractivity contribution in [3.8, 4) is 0 Å². The van der Waals surface area contributed by atoms with Crippen molar-refractivity contribution in [3.05, 3.63) is 40.9 Å². The number of halogens is 1. The normalized spacial score (nSPS) is 21.2. The number of rotatable bonds is 4. The molecule has 2 N–H and O–H groups in total. The number of para-hydroxylation sites is 1. The number of nitrogens with one attached hydrogen (secondary N) is 1. The first-order valence-electron chi connectivity index (χ1n) is 6.08. The second-order valence-electron chi connectivity index (χ2n) is 4.46. The summed E-state index contributed by atoms with van der Waals surface area (Å²) in [5.41, 5.74) is 1.06. The third-order valence-corrected chi connectivity index (χ3v) is 3.98. The second kappa shape index (κ2) is 6.22. The molecule has 1 aromatic carbocycles. The van der Waals surface area contributed by atoms with Gasteiger partial charge in [-0.05, 0) is 53.2 Å². The van der Waals surface area contributed by atoms with Gasteiger partial charge in [0.1, 0.15) is 0 Å². The number of benzene rings is 1. The van der Waals surface area contributed by atoms with E-state index in [2.05, 4.69) is 33.4 Å². The smallest absolute Gasteiger partial charge is 0.0635 e. The Bertz CT molecular complexity index is 392. The van der Waals surface area contributed by atoms with E-state index in [0.29, 0.717) is 5.92 Å². The molecule has 0 bridgehead atoms. The van der Waals surface area contributed by atoms with Crippen molar-refractivity contribution in [1.29, 1.82) is 0 Å². The molecule has 0 fully saturated rings. The summed E-state index contributed by atoms with van der Waals surface area (Å²) in [5, 5.41) is 13.0. The molecule has 0 aliphatic heterocycles. The highest BCUT2D eigenvalue weighted by Gasteiger charge is 2.21. The number of allylic oxidation sites excluding steroid dienone is 2. The monoisotopic (exact) mass is 295 g/mol. The Kier molecular flexibility index (Phi) is 4.63. The minimum absolute atomic E-state index is 0.138. The average molecular weight is 296 g/mol. The highest BCUT2D eigenvalue weighted by atomic mass is 79.9. The molecule has 0 aromatic heterocycles. The Morgan fingerprint density at radius 3 is 2.82 bits per heavy atom. The van der Waals surface area contributed by atoms with Gasteiger partial charge in [0, 0.05) is 10.2 Å². The first-order chi connectivity index (χ1) is 8.31. The van der Waals surface area contributed by atoms with Gasteiger partial charge in [-0.15, -0.1) is 0 Å². The second-order valence-corrected chi connectivity index (χ2v) is 5.31. The predicted octanol–water partition coefficient (Wildman–Crippen LogP) is 3.58. The van der Waals surface area contributed by atoms with Gasteiger partial charge in [-0.25, -0.2) is 0 Å². The molecule has 0 radical (unpaired) electrons. The molecule has 0 amide bonds. The summed E-state index contributed by atoms with van der Waals surface area (Å²) in [7, 11) is 0. The van der Waals surface area contributed by atoms with E-state index in [0.717, 1.165) is 29.4 Å². The first-order valence-corrected chi connectivity index (χ1v) is 6.87. The van der Waals surface area contributed by atoms with Gasteiger partial charge in [0.2, 0.25) is 0 Å². The van der Waals surface area contributed by atoms with E-state index >= 15 is 0 Å². The number of aliphatic hydroxyl groups is 1. The topological polar surface area (TPSA) is 32.3 Å². The maximum atomic E-state index is 9.53. The molecule has 17 heavy (non-hydrogen) atoms. The van der Waals surface area contributed by atoms with Crippen molar-refractivity contribution in [2.24, 2.45) is 5.92 Å². The Hall–Kier alpha value is -0.800. The molecule has 1 aromatic rings. The third-order valence-electron chi connectivity index (χ3n) is 3.29. The summed E-state index contributed by atoms with van der Waals surface area (Å²) in [5.74, 6) is 0.525. The summed E-state index contributed by atoms with van der Waals surface area (Å²) < 4.78 is 1.05. The lowest BCUT2D eigenvalue weighted by Crippen LogP contribution is -2.33. The van der Waals surface area contributed by atoms with E-state index < -0.39 is 0 Å². The van der Waals surface area contributed by atoms with Gasteiger partial charge in [-0.1, -0.05) is 24.3 Å². The van der Waals surface area contributed by atoms with E-state index in [-0.39, 0.29) is 12.6 Å². The van der Waals surface area contributed by atoms with Gasteiger partial charge in [-0.3, -0.25) is 0 Å². The van der Waals surface area contributed by atoms with Crippen LogP contribution in [0.15, 0.2) is 40.9 Å². The standard InChI is InChI=1S/C14H18BrNO/c15-12-8-4-5-9-13(12)16-14(10-17)11-6-2-1-3-7-11/h1-2,4-5,8-9,11,14,16-17H,3,6-7,10H2. The Morgan fingerprint density at radius 2 is 2.18 bits per heavy atom. The molecule has 0 saturated carbocycles. The van der Waals surface area contributed by atoms with Crippen LogP contribution in [0.5, 0.6) is 0 Å². The summed E-state index contributed by atoms with van der Waals surface area (Å²) in [6, 6.07) is 8.18. The lowest BCUT2D eigenvalue weighted by Gasteiger charge is -2.28. The van der Waals surface area contributed by atoms with E-state index in [1.165, 1.54) is 0 Å². The molecule has 2 nitrogen and oxygen atoms in total. The van der Waals surface area contributed by atoms with Crippen LogP contribution >= 0.6 is 15.9 Å². The van der Waals surface area contributed by atoms with Crippen LogP contribution in [-0.4, -0.2) is 17.8 Å². The summed E-state index contributed by atoms with van der Waals surface area (Å²) in [6.45, 7) is 0.180. The van der Waals surface area contributed by atoms with Crippen LogP contribution in [0.4, 0.5) is 5.69 Å². The zero-order chi connectivity index (χ0) is 12.1. The van der Waals surface area contributed by atoms with Crippen LogP contribution < -0.4 is 5.32 Å². The Labute approximate surface area is 111 Å². The zero-order valence-electron chi connectivity index (χ0n) is 9.77.